The maximum absolute atomic E-state index is 12.1. The Labute approximate surface area is 90.7 Å². The van der Waals surface area contributed by atoms with Gasteiger partial charge in [0.1, 0.15) is 0 Å². The third kappa shape index (κ3) is 2.59. The van der Waals surface area contributed by atoms with Gasteiger partial charge in [-0.05, 0) is 38.5 Å². The zero-order chi connectivity index (χ0) is 10.7. The van der Waals surface area contributed by atoms with Gasteiger partial charge in [-0.25, -0.2) is 0 Å². The minimum atomic E-state index is 0.206. The quantitative estimate of drug-likeness (QED) is 0.754. The summed E-state index contributed by atoms with van der Waals surface area (Å²) in [6.07, 6.45) is 7.43. The summed E-state index contributed by atoms with van der Waals surface area (Å²) in [6, 6.07) is 0.311. The third-order valence-corrected chi connectivity index (χ3v) is 3.39. The number of Topliss-reactive ketones (excluding diaryl/α,β-unsaturated/α-hetero) is 1. The van der Waals surface area contributed by atoms with E-state index in [1.807, 2.05) is 0 Å². The van der Waals surface area contributed by atoms with Crippen LogP contribution in [0.15, 0.2) is 11.8 Å². The molecule has 1 saturated carbocycles. The Morgan fingerprint density at radius 3 is 2.67 bits per heavy atom. The molecule has 0 bridgehead atoms. The maximum atomic E-state index is 12.1. The number of hydrogen-bond donors (Lipinski definition) is 1. The molecular formula is C12H19NO2. The SMILES string of the molecule is NC1CCC(C(=O)C2=COCCC2)CC1. The molecule has 0 aromatic heterocycles. The Bertz CT molecular complexity index is 265. The molecule has 1 aliphatic carbocycles. The van der Waals surface area contributed by atoms with Gasteiger partial charge >= 0.3 is 0 Å². The fraction of sp³-hybridized carbons (Fsp3) is 0.750. The highest BCUT2D eigenvalue weighted by molar-refractivity contribution is 5.97. The van der Waals surface area contributed by atoms with E-state index in [2.05, 4.69) is 0 Å². The van der Waals surface area contributed by atoms with E-state index in [4.69, 9.17) is 10.5 Å². The Morgan fingerprint density at radius 2 is 2.07 bits per heavy atom. The number of ketones is 1. The summed E-state index contributed by atoms with van der Waals surface area (Å²) in [5.41, 5.74) is 6.72. The molecule has 1 heterocycles. The van der Waals surface area contributed by atoms with Crippen molar-refractivity contribution in [1.82, 2.24) is 0 Å². The van der Waals surface area contributed by atoms with Crippen LogP contribution in [0, 0.1) is 5.92 Å². The molecule has 0 unspecified atom stereocenters. The summed E-state index contributed by atoms with van der Waals surface area (Å²) in [6.45, 7) is 0.756. The van der Waals surface area contributed by atoms with Gasteiger partial charge in [0.05, 0.1) is 12.9 Å². The second-order valence-electron chi connectivity index (χ2n) is 4.59. The van der Waals surface area contributed by atoms with E-state index in [1.54, 1.807) is 6.26 Å². The van der Waals surface area contributed by atoms with Gasteiger partial charge in [-0.3, -0.25) is 4.79 Å². The molecule has 3 heteroatoms. The lowest BCUT2D eigenvalue weighted by atomic mass is 9.81. The van der Waals surface area contributed by atoms with E-state index >= 15 is 0 Å². The van der Waals surface area contributed by atoms with Gasteiger partial charge in [0.2, 0.25) is 0 Å². The Hall–Kier alpha value is -0.830. The molecule has 0 aromatic rings. The van der Waals surface area contributed by atoms with Crippen molar-refractivity contribution < 1.29 is 9.53 Å². The molecule has 0 saturated heterocycles. The fourth-order valence-corrected chi connectivity index (χ4v) is 2.39. The largest absolute Gasteiger partial charge is 0.501 e. The Balaban J connectivity index is 1.92. The van der Waals surface area contributed by atoms with Crippen molar-refractivity contribution in [2.75, 3.05) is 6.61 Å². The van der Waals surface area contributed by atoms with Crippen molar-refractivity contribution in [2.24, 2.45) is 11.7 Å². The van der Waals surface area contributed by atoms with Crippen LogP contribution in [0.4, 0.5) is 0 Å². The highest BCUT2D eigenvalue weighted by Gasteiger charge is 2.27. The summed E-state index contributed by atoms with van der Waals surface area (Å²) >= 11 is 0. The standard InChI is InChI=1S/C12H19NO2/c13-11-5-3-9(4-6-11)12(14)10-2-1-7-15-8-10/h8-9,11H,1-7,13H2. The predicted octanol–water partition coefficient (Wildman–Crippen LogP) is 1.77. The molecule has 1 aliphatic heterocycles. The molecule has 0 aromatic carbocycles. The van der Waals surface area contributed by atoms with Gasteiger partial charge in [-0.1, -0.05) is 0 Å². The number of nitrogens with two attached hydrogens (primary N) is 1. The minimum Gasteiger partial charge on any atom is -0.501 e. The van der Waals surface area contributed by atoms with E-state index < -0.39 is 0 Å². The Kier molecular flexibility index (Phi) is 3.41. The minimum absolute atomic E-state index is 0.206. The van der Waals surface area contributed by atoms with Crippen molar-refractivity contribution in [3.05, 3.63) is 11.8 Å². The highest BCUT2D eigenvalue weighted by atomic mass is 16.5. The van der Waals surface area contributed by atoms with E-state index in [9.17, 15) is 4.79 Å². The van der Waals surface area contributed by atoms with E-state index in [-0.39, 0.29) is 5.92 Å². The van der Waals surface area contributed by atoms with Crippen LogP contribution in [0.25, 0.3) is 0 Å². The third-order valence-electron chi connectivity index (χ3n) is 3.39. The van der Waals surface area contributed by atoms with E-state index in [0.29, 0.717) is 11.8 Å². The van der Waals surface area contributed by atoms with Gasteiger partial charge < -0.3 is 10.5 Å². The number of allylic oxidation sites excluding steroid dienone is 1. The molecule has 3 nitrogen and oxygen atoms in total. The first kappa shape index (κ1) is 10.7. The number of hydrogen-bond acceptors (Lipinski definition) is 3. The van der Waals surface area contributed by atoms with Crippen LogP contribution in [-0.4, -0.2) is 18.4 Å². The summed E-state index contributed by atoms with van der Waals surface area (Å²) in [5.74, 6) is 0.513. The van der Waals surface area contributed by atoms with E-state index in [0.717, 1.165) is 50.7 Å². The molecule has 0 spiro atoms. The van der Waals surface area contributed by atoms with Crippen LogP contribution in [0.3, 0.4) is 0 Å². The average molecular weight is 209 g/mol. The molecule has 2 aliphatic rings. The molecular weight excluding hydrogens is 190 g/mol. The lowest BCUT2D eigenvalue weighted by Gasteiger charge is -2.26. The second-order valence-corrected chi connectivity index (χ2v) is 4.59. The van der Waals surface area contributed by atoms with Gasteiger partial charge in [0.15, 0.2) is 5.78 Å². The van der Waals surface area contributed by atoms with Gasteiger partial charge in [-0.2, -0.15) is 0 Å². The molecule has 0 radical (unpaired) electrons. The normalized spacial score (nSPS) is 31.7. The number of carbonyl (C=O) groups is 1. The number of rotatable bonds is 2. The van der Waals surface area contributed by atoms with Crippen LogP contribution in [0.1, 0.15) is 38.5 Å². The molecule has 0 amide bonds. The van der Waals surface area contributed by atoms with Gasteiger partial charge in [0.25, 0.3) is 0 Å². The predicted molar refractivity (Wildman–Crippen MR) is 58.2 cm³/mol. The molecule has 15 heavy (non-hydrogen) atoms. The zero-order valence-corrected chi connectivity index (χ0v) is 9.08. The first-order valence-electron chi connectivity index (χ1n) is 5.88. The van der Waals surface area contributed by atoms with E-state index in [1.165, 1.54) is 0 Å². The first-order valence-corrected chi connectivity index (χ1v) is 5.88. The van der Waals surface area contributed by atoms with Gasteiger partial charge in [-0.15, -0.1) is 0 Å². The molecule has 0 atom stereocenters. The summed E-state index contributed by atoms with van der Waals surface area (Å²) < 4.78 is 5.21. The molecule has 1 fully saturated rings. The van der Waals surface area contributed by atoms with Crippen molar-refractivity contribution in [1.29, 1.82) is 0 Å². The molecule has 2 N–H and O–H groups in total. The van der Waals surface area contributed by atoms with Gasteiger partial charge in [0, 0.05) is 17.5 Å². The monoisotopic (exact) mass is 209 g/mol. The lowest BCUT2D eigenvalue weighted by Crippen LogP contribution is -2.30. The molecule has 2 rings (SSSR count). The summed E-state index contributed by atoms with van der Waals surface area (Å²) in [7, 11) is 0. The van der Waals surface area contributed by atoms with Crippen molar-refractivity contribution in [3.63, 3.8) is 0 Å². The molecule has 84 valence electrons. The van der Waals surface area contributed by atoms with Crippen LogP contribution in [0.2, 0.25) is 0 Å². The highest BCUT2D eigenvalue weighted by Crippen LogP contribution is 2.28. The number of carbonyl (C=O) groups excluding carboxylic acids is 1. The van der Waals surface area contributed by atoms with Crippen molar-refractivity contribution in [3.8, 4) is 0 Å². The maximum Gasteiger partial charge on any atom is 0.164 e. The van der Waals surface area contributed by atoms with Crippen LogP contribution < -0.4 is 5.73 Å². The smallest absolute Gasteiger partial charge is 0.164 e. The summed E-state index contributed by atoms with van der Waals surface area (Å²) in [5, 5.41) is 0. The fourth-order valence-electron chi connectivity index (χ4n) is 2.39. The lowest BCUT2D eigenvalue weighted by molar-refractivity contribution is -0.120. The van der Waals surface area contributed by atoms with Crippen molar-refractivity contribution >= 4 is 5.78 Å². The number of ether oxygens (including phenoxy) is 1. The van der Waals surface area contributed by atoms with Crippen LogP contribution in [0.5, 0.6) is 0 Å². The zero-order valence-electron chi connectivity index (χ0n) is 9.08. The van der Waals surface area contributed by atoms with Crippen LogP contribution in [-0.2, 0) is 9.53 Å². The van der Waals surface area contributed by atoms with Crippen LogP contribution >= 0.6 is 0 Å². The topological polar surface area (TPSA) is 52.3 Å². The van der Waals surface area contributed by atoms with Crippen molar-refractivity contribution in [2.45, 2.75) is 44.6 Å². The summed E-state index contributed by atoms with van der Waals surface area (Å²) in [4.78, 5) is 12.1. The first-order chi connectivity index (χ1) is 7.27. The Morgan fingerprint density at radius 1 is 1.33 bits per heavy atom. The average Bonchev–Trinajstić information content (AvgIpc) is 2.30. The second kappa shape index (κ2) is 4.79.